The van der Waals surface area contributed by atoms with Gasteiger partial charge in [-0.15, -0.1) is 11.6 Å². The Labute approximate surface area is 129 Å². The molecule has 0 amide bonds. The van der Waals surface area contributed by atoms with Crippen LogP contribution >= 0.6 is 11.6 Å². The van der Waals surface area contributed by atoms with Crippen LogP contribution in [0.5, 0.6) is 0 Å². The molecule has 1 aromatic carbocycles. The van der Waals surface area contributed by atoms with Gasteiger partial charge in [-0.2, -0.15) is 0 Å². The van der Waals surface area contributed by atoms with Gasteiger partial charge >= 0.3 is 0 Å². The van der Waals surface area contributed by atoms with Gasteiger partial charge in [0.25, 0.3) is 0 Å². The van der Waals surface area contributed by atoms with Gasteiger partial charge in [-0.25, -0.2) is 4.98 Å². The van der Waals surface area contributed by atoms with E-state index in [0.717, 1.165) is 29.8 Å². The summed E-state index contributed by atoms with van der Waals surface area (Å²) in [5, 5.41) is 1.19. The monoisotopic (exact) mass is 299 g/mol. The van der Waals surface area contributed by atoms with E-state index >= 15 is 0 Å². The maximum atomic E-state index is 5.97. The average Bonchev–Trinajstić information content (AvgIpc) is 3.12. The number of halogens is 1. The highest BCUT2D eigenvalue weighted by Crippen LogP contribution is 2.47. The summed E-state index contributed by atoms with van der Waals surface area (Å²) in [6.07, 6.45) is 5.30. The summed E-state index contributed by atoms with van der Waals surface area (Å²) in [5.74, 6) is 1.69. The molecule has 0 N–H and O–H groups in total. The molecule has 0 atom stereocenters. The molecule has 0 bridgehead atoms. The Morgan fingerprint density at radius 3 is 2.81 bits per heavy atom. The zero-order chi connectivity index (χ0) is 14.4. The molecule has 4 heteroatoms. The fourth-order valence-electron chi connectivity index (χ4n) is 3.01. The van der Waals surface area contributed by atoms with Crippen molar-refractivity contribution >= 4 is 33.5 Å². The minimum Gasteiger partial charge on any atom is -0.327 e. The second-order valence-corrected chi connectivity index (χ2v) is 6.75. The zero-order valence-electron chi connectivity index (χ0n) is 12.1. The molecule has 2 heterocycles. The maximum Gasteiger partial charge on any atom is 0.111 e. The van der Waals surface area contributed by atoms with Crippen molar-refractivity contribution in [3.8, 4) is 0 Å². The van der Waals surface area contributed by atoms with Crippen LogP contribution in [-0.4, -0.2) is 20.4 Å². The lowest BCUT2D eigenvalue weighted by Gasteiger charge is -2.14. The fourth-order valence-corrected chi connectivity index (χ4v) is 3.18. The predicted molar refractivity (Wildman–Crippen MR) is 86.8 cm³/mol. The molecular weight excluding hydrogens is 282 g/mol. The van der Waals surface area contributed by atoms with Gasteiger partial charge in [0.15, 0.2) is 0 Å². The van der Waals surface area contributed by atoms with E-state index in [0.29, 0.717) is 11.3 Å². The van der Waals surface area contributed by atoms with E-state index in [9.17, 15) is 0 Å². The third-order valence-corrected chi connectivity index (χ3v) is 4.71. The van der Waals surface area contributed by atoms with Crippen molar-refractivity contribution in [1.29, 1.82) is 0 Å². The highest BCUT2D eigenvalue weighted by molar-refractivity contribution is 6.18. The van der Waals surface area contributed by atoms with Gasteiger partial charge in [-0.3, -0.25) is 4.98 Å². The highest BCUT2D eigenvalue weighted by Gasteiger charge is 2.38. The highest BCUT2D eigenvalue weighted by atomic mass is 35.5. The Hall–Kier alpha value is -1.61. The predicted octanol–water partition coefficient (Wildman–Crippen LogP) is 4.17. The van der Waals surface area contributed by atoms with Crippen LogP contribution in [0.4, 0.5) is 0 Å². The van der Waals surface area contributed by atoms with Gasteiger partial charge in [0.05, 0.1) is 17.2 Å². The van der Waals surface area contributed by atoms with Crippen LogP contribution < -0.4 is 0 Å². The number of rotatable bonds is 4. The summed E-state index contributed by atoms with van der Waals surface area (Å²) in [7, 11) is 0. The number of para-hydroxylation sites is 1. The average molecular weight is 300 g/mol. The smallest absolute Gasteiger partial charge is 0.111 e. The molecule has 1 saturated carbocycles. The molecule has 3 nitrogen and oxygen atoms in total. The molecular formula is C17H18ClN3. The van der Waals surface area contributed by atoms with Gasteiger partial charge < -0.3 is 4.57 Å². The Morgan fingerprint density at radius 1 is 1.24 bits per heavy atom. The van der Waals surface area contributed by atoms with Crippen LogP contribution in [-0.2, 0) is 13.0 Å². The van der Waals surface area contributed by atoms with Gasteiger partial charge in [-0.05, 0) is 24.3 Å². The molecule has 1 aliphatic carbocycles. The molecule has 0 aliphatic heterocycles. The Balaban J connectivity index is 2.00. The number of imidazole rings is 1. The lowest BCUT2D eigenvalue weighted by Crippen LogP contribution is -2.12. The largest absolute Gasteiger partial charge is 0.327 e. The second-order valence-electron chi connectivity index (χ2n) is 6.37. The van der Waals surface area contributed by atoms with E-state index in [4.69, 9.17) is 16.6 Å². The van der Waals surface area contributed by atoms with Crippen LogP contribution in [0, 0.1) is 5.41 Å². The number of benzene rings is 1. The van der Waals surface area contributed by atoms with Crippen LogP contribution in [0.25, 0.3) is 21.9 Å². The maximum absolute atomic E-state index is 5.97. The Morgan fingerprint density at radius 2 is 2.05 bits per heavy atom. The minimum absolute atomic E-state index is 0.430. The molecule has 21 heavy (non-hydrogen) atoms. The van der Waals surface area contributed by atoms with Crippen LogP contribution in [0.2, 0.25) is 0 Å². The van der Waals surface area contributed by atoms with Gasteiger partial charge in [0.2, 0.25) is 0 Å². The lowest BCUT2D eigenvalue weighted by atomic mass is 10.1. The number of pyridine rings is 1. The van der Waals surface area contributed by atoms with Crippen molar-refractivity contribution < 1.29 is 0 Å². The van der Waals surface area contributed by atoms with Gasteiger partial charge in [0.1, 0.15) is 11.3 Å². The molecule has 4 rings (SSSR count). The molecule has 3 aromatic rings. The molecule has 1 aliphatic rings. The number of alkyl halides is 1. The standard InChI is InChI=1S/C17H18ClN3/c1-17(7-8-17)11-21-15(6-9-18)20-14-10-19-13-5-3-2-4-12(13)16(14)21/h2-5,10H,6-9,11H2,1H3. The number of nitrogens with zero attached hydrogens (tertiary/aromatic N) is 3. The van der Waals surface area contributed by atoms with Crippen molar-refractivity contribution in [3.63, 3.8) is 0 Å². The number of aryl methyl sites for hydroxylation is 1. The van der Waals surface area contributed by atoms with E-state index < -0.39 is 0 Å². The molecule has 0 spiro atoms. The fraction of sp³-hybridized carbons (Fsp3) is 0.412. The van der Waals surface area contributed by atoms with Crippen molar-refractivity contribution in [2.45, 2.75) is 32.7 Å². The zero-order valence-corrected chi connectivity index (χ0v) is 12.9. The minimum atomic E-state index is 0.430. The molecule has 1 fully saturated rings. The first-order chi connectivity index (χ1) is 10.2. The SMILES string of the molecule is CC1(Cn2c(CCCl)nc3cnc4ccccc4c32)CC1. The third-order valence-electron chi connectivity index (χ3n) is 4.52. The molecule has 0 radical (unpaired) electrons. The summed E-state index contributed by atoms with van der Waals surface area (Å²) in [6.45, 7) is 3.39. The van der Waals surface area contributed by atoms with Gasteiger partial charge in [0, 0.05) is 24.2 Å². The first-order valence-electron chi connectivity index (χ1n) is 7.49. The summed E-state index contributed by atoms with van der Waals surface area (Å²) in [4.78, 5) is 9.31. The quantitative estimate of drug-likeness (QED) is 0.677. The van der Waals surface area contributed by atoms with E-state index in [1.54, 1.807) is 0 Å². The summed E-state index contributed by atoms with van der Waals surface area (Å²) in [5.41, 5.74) is 3.66. The number of fused-ring (bicyclic) bond motifs is 3. The summed E-state index contributed by atoms with van der Waals surface area (Å²) < 4.78 is 2.38. The van der Waals surface area contributed by atoms with Crippen molar-refractivity contribution in [2.24, 2.45) is 5.41 Å². The van der Waals surface area contributed by atoms with E-state index in [1.165, 1.54) is 23.7 Å². The van der Waals surface area contributed by atoms with Crippen molar-refractivity contribution in [3.05, 3.63) is 36.3 Å². The summed E-state index contributed by atoms with van der Waals surface area (Å²) in [6, 6.07) is 8.30. The number of aromatic nitrogens is 3. The van der Waals surface area contributed by atoms with E-state index in [2.05, 4.69) is 34.7 Å². The number of hydrogen-bond donors (Lipinski definition) is 0. The number of hydrogen-bond acceptors (Lipinski definition) is 2. The van der Waals surface area contributed by atoms with E-state index in [-0.39, 0.29) is 0 Å². The van der Waals surface area contributed by atoms with Crippen LogP contribution in [0.15, 0.2) is 30.5 Å². The second kappa shape index (κ2) is 4.70. The molecule has 0 saturated heterocycles. The summed E-state index contributed by atoms with van der Waals surface area (Å²) >= 11 is 5.97. The lowest BCUT2D eigenvalue weighted by molar-refractivity contribution is 0.463. The normalized spacial score (nSPS) is 16.7. The molecule has 108 valence electrons. The van der Waals surface area contributed by atoms with Crippen molar-refractivity contribution in [2.75, 3.05) is 5.88 Å². The Bertz CT molecular complexity index is 817. The first-order valence-corrected chi connectivity index (χ1v) is 8.02. The van der Waals surface area contributed by atoms with Crippen LogP contribution in [0.3, 0.4) is 0 Å². The Kier molecular flexibility index (Phi) is 2.93. The molecule has 2 aromatic heterocycles. The molecule has 0 unspecified atom stereocenters. The first kappa shape index (κ1) is 13.1. The van der Waals surface area contributed by atoms with Gasteiger partial charge in [-0.1, -0.05) is 25.1 Å². The van der Waals surface area contributed by atoms with Crippen LogP contribution in [0.1, 0.15) is 25.6 Å². The topological polar surface area (TPSA) is 30.7 Å². The van der Waals surface area contributed by atoms with Crippen molar-refractivity contribution in [1.82, 2.24) is 14.5 Å². The third kappa shape index (κ3) is 2.20. The van der Waals surface area contributed by atoms with E-state index in [1.807, 2.05) is 12.3 Å².